The average Bonchev–Trinajstić information content (AvgIpc) is 3.33. The number of anilines is 2. The first-order valence-electron chi connectivity index (χ1n) is 22.0. The number of nitrogen functional groups attached to an aromatic ring is 1. The van der Waals surface area contributed by atoms with E-state index in [1.165, 1.54) is 18.0 Å². The van der Waals surface area contributed by atoms with Gasteiger partial charge < -0.3 is 41.0 Å². The predicted octanol–water partition coefficient (Wildman–Crippen LogP) is 3.30. The van der Waals surface area contributed by atoms with Crippen LogP contribution in [0.25, 0.3) is 33.0 Å². The summed E-state index contributed by atoms with van der Waals surface area (Å²) < 4.78 is 47.6. The Hall–Kier alpha value is -7.53. The third kappa shape index (κ3) is 12.6. The first-order valence-corrected chi connectivity index (χ1v) is 25.0. The molecule has 70 heavy (non-hydrogen) atoms. The van der Waals surface area contributed by atoms with Crippen LogP contribution >= 0.6 is 11.8 Å². The van der Waals surface area contributed by atoms with Crippen molar-refractivity contribution in [3.05, 3.63) is 135 Å². The van der Waals surface area contributed by atoms with E-state index in [-0.39, 0.29) is 74.7 Å². The van der Waals surface area contributed by atoms with Crippen LogP contribution in [0.4, 0.5) is 11.6 Å². The molecule has 364 valence electrons. The molecule has 0 aliphatic rings. The van der Waals surface area contributed by atoms with Crippen molar-refractivity contribution >= 4 is 90.2 Å². The Balaban J connectivity index is 0.858. The van der Waals surface area contributed by atoms with Crippen LogP contribution in [-0.2, 0) is 32.7 Å². The number of hydrogen-bond donors (Lipinski definition) is 6. The molecule has 7 N–H and O–H groups in total. The van der Waals surface area contributed by atoms with Gasteiger partial charge in [0.1, 0.15) is 11.8 Å². The van der Waals surface area contributed by atoms with Crippen molar-refractivity contribution in [1.29, 1.82) is 0 Å². The zero-order valence-electron chi connectivity index (χ0n) is 38.4. The molecule has 1 unspecified atom stereocenters. The zero-order valence-corrected chi connectivity index (χ0v) is 40.0. The molecule has 20 nitrogen and oxygen atoms in total. The van der Waals surface area contributed by atoms with E-state index < -0.39 is 39.3 Å². The number of nitrogens with zero attached hydrogens (tertiary/aromatic N) is 4. The second-order valence-electron chi connectivity index (χ2n) is 16.1. The Bertz CT molecular complexity index is 3200. The minimum Gasteiger partial charge on any atom is -0.748 e. The molecule has 0 fully saturated rings. The second kappa shape index (κ2) is 22.7. The number of nitrogens with two attached hydrogens (primary N) is 1. The lowest BCUT2D eigenvalue weighted by Gasteiger charge is -2.18. The van der Waals surface area contributed by atoms with Crippen molar-refractivity contribution in [2.45, 2.75) is 39.4 Å². The first-order chi connectivity index (χ1) is 33.6. The number of benzene rings is 4. The number of H-pyrrole nitrogens is 1. The topological polar surface area (TPSA) is 293 Å². The van der Waals surface area contributed by atoms with Crippen molar-refractivity contribution < 1.29 is 46.2 Å². The van der Waals surface area contributed by atoms with E-state index in [1.807, 2.05) is 35.1 Å². The molecule has 0 saturated heterocycles. The molecule has 3 amide bonds. The molecular weight excluding hydrogens is 941 g/mol. The lowest BCUT2D eigenvalue weighted by atomic mass is 10.0. The zero-order chi connectivity index (χ0) is 50.0. The SMILES string of the molecule is CSCC(NC(=O)c1ccc(NCc2cnc3nc(N)[nH]c(=O)c3n2)cc1)C(=O)NCCOCCNC(=O)c1cc(C)c(OC(=O)c2c3ccccc3[n+](CCCS(=O)(=O)[O-])c3ccccc23)c(C)c1. The van der Waals surface area contributed by atoms with Crippen LogP contribution < -0.4 is 41.9 Å². The third-order valence-corrected chi connectivity index (χ3v) is 12.4. The van der Waals surface area contributed by atoms with Crippen LogP contribution in [0.5, 0.6) is 5.75 Å². The van der Waals surface area contributed by atoms with E-state index in [0.717, 1.165) is 0 Å². The number of thioether (sulfide) groups is 1. The highest BCUT2D eigenvalue weighted by molar-refractivity contribution is 7.98. The number of carbonyl (C=O) groups is 4. The third-order valence-electron chi connectivity index (χ3n) is 11.0. The minimum absolute atomic E-state index is 0.0505. The van der Waals surface area contributed by atoms with Gasteiger partial charge in [-0.3, -0.25) is 24.2 Å². The van der Waals surface area contributed by atoms with Crippen molar-refractivity contribution in [3.63, 3.8) is 0 Å². The van der Waals surface area contributed by atoms with Gasteiger partial charge in [-0.05, 0) is 79.8 Å². The highest BCUT2D eigenvalue weighted by Gasteiger charge is 2.27. The van der Waals surface area contributed by atoms with E-state index >= 15 is 0 Å². The molecule has 0 aliphatic heterocycles. The largest absolute Gasteiger partial charge is 0.748 e. The molecule has 0 saturated carbocycles. The molecule has 0 aliphatic carbocycles. The molecule has 7 rings (SSSR count). The summed E-state index contributed by atoms with van der Waals surface area (Å²) in [6, 6.07) is 23.5. The molecule has 3 heterocycles. The van der Waals surface area contributed by atoms with Crippen LogP contribution in [0.15, 0.2) is 95.9 Å². The maximum atomic E-state index is 14.1. The van der Waals surface area contributed by atoms with Crippen molar-refractivity contribution in [2.75, 3.05) is 55.1 Å². The van der Waals surface area contributed by atoms with Crippen LogP contribution in [0, 0.1) is 13.8 Å². The Morgan fingerprint density at radius 3 is 2.16 bits per heavy atom. The van der Waals surface area contributed by atoms with E-state index in [2.05, 4.69) is 41.2 Å². The van der Waals surface area contributed by atoms with Gasteiger partial charge in [-0.25, -0.2) is 23.2 Å². The monoisotopic (exact) mass is 990 g/mol. The Morgan fingerprint density at radius 2 is 1.51 bits per heavy atom. The van der Waals surface area contributed by atoms with Crippen LogP contribution in [0.1, 0.15) is 54.3 Å². The maximum absolute atomic E-state index is 14.1. The number of carbonyl (C=O) groups excluding carboxylic acids is 4. The number of nitrogens with one attached hydrogen (secondary N) is 5. The van der Waals surface area contributed by atoms with E-state index in [9.17, 15) is 36.9 Å². The summed E-state index contributed by atoms with van der Waals surface area (Å²) in [6.07, 6.45) is 3.40. The predicted molar refractivity (Wildman–Crippen MR) is 264 cm³/mol. The van der Waals surface area contributed by atoms with Crippen molar-refractivity contribution in [3.8, 4) is 5.75 Å². The molecule has 7 aromatic rings. The number of ether oxygens (including phenoxy) is 2. The molecule has 22 heteroatoms. The summed E-state index contributed by atoms with van der Waals surface area (Å²) in [5, 5.41) is 12.7. The number of fused-ring (bicyclic) bond motifs is 3. The summed E-state index contributed by atoms with van der Waals surface area (Å²) in [4.78, 5) is 80.4. The van der Waals surface area contributed by atoms with Gasteiger partial charge in [-0.2, -0.15) is 21.3 Å². The van der Waals surface area contributed by atoms with Gasteiger partial charge in [0.2, 0.25) is 22.9 Å². The lowest BCUT2D eigenvalue weighted by Crippen LogP contribution is -2.49. The van der Waals surface area contributed by atoms with Crippen molar-refractivity contribution in [1.82, 2.24) is 35.9 Å². The van der Waals surface area contributed by atoms with Gasteiger partial charge in [0.25, 0.3) is 17.4 Å². The highest BCUT2D eigenvalue weighted by Crippen LogP contribution is 2.30. The standard InChI is InChI=1S/C48H50N10O10S2/c1-28-23-31(24-29(2)41(28)68-47(63)39-34-9-4-6-11-37(34)58(19-8-22-70(64,65)66)38-12-7-5-10-35(38)39)43(59)50-17-20-67-21-18-51-45(61)36(27-69-3)55-44(60)30-13-15-32(16-14-30)52-25-33-26-53-42-40(54-33)46(62)57-48(49)56-42/h4-7,9-16,23-24,26,36H,8,17-22,25,27H2,1-3H3,(H7-,49,50,51,52,53,55,56,57,59,60,61,62,64,65,66). The number of aryl methyl sites for hydroxylation is 3. The fraction of sp³-hybridized carbons (Fsp3) is 0.271. The van der Waals surface area contributed by atoms with Crippen molar-refractivity contribution in [2.24, 2.45) is 0 Å². The summed E-state index contributed by atoms with van der Waals surface area (Å²) in [6.45, 7) is 4.60. The highest BCUT2D eigenvalue weighted by atomic mass is 32.2. The summed E-state index contributed by atoms with van der Waals surface area (Å²) in [5.74, 6) is -1.73. The fourth-order valence-electron chi connectivity index (χ4n) is 7.75. The van der Waals surface area contributed by atoms with E-state index in [1.54, 1.807) is 74.5 Å². The number of amides is 3. The lowest BCUT2D eigenvalue weighted by molar-refractivity contribution is -0.645. The molecule has 3 aromatic heterocycles. The van der Waals surface area contributed by atoms with Gasteiger partial charge >= 0.3 is 5.97 Å². The van der Waals surface area contributed by atoms with E-state index in [4.69, 9.17) is 15.2 Å². The van der Waals surface area contributed by atoms with Gasteiger partial charge in [-0.1, -0.05) is 24.3 Å². The van der Waals surface area contributed by atoms with Gasteiger partial charge in [0.05, 0.1) is 58.1 Å². The van der Waals surface area contributed by atoms with Crippen LogP contribution in [0.2, 0.25) is 0 Å². The number of esters is 1. The molecule has 0 radical (unpaired) electrons. The van der Waals surface area contributed by atoms with Gasteiger partial charge in [-0.15, -0.1) is 0 Å². The fourth-order valence-corrected chi connectivity index (χ4v) is 8.80. The minimum atomic E-state index is -4.41. The second-order valence-corrected chi connectivity index (χ2v) is 18.5. The number of hydrogen-bond acceptors (Lipinski definition) is 16. The molecular formula is C48H50N10O10S2. The van der Waals surface area contributed by atoms with Crippen LogP contribution in [0.3, 0.4) is 0 Å². The number of aromatic nitrogens is 5. The number of aromatic amines is 1. The average molecular weight is 991 g/mol. The molecule has 1 atom stereocenters. The molecule has 0 spiro atoms. The quantitative estimate of drug-likeness (QED) is 0.0150. The van der Waals surface area contributed by atoms with Gasteiger partial charge in [0.15, 0.2) is 17.7 Å². The summed E-state index contributed by atoms with van der Waals surface area (Å²) >= 11 is 1.40. The number of rotatable bonds is 21. The first kappa shape index (κ1) is 50.3. The Morgan fingerprint density at radius 1 is 0.871 bits per heavy atom. The summed E-state index contributed by atoms with van der Waals surface area (Å²) in [5.41, 5.74) is 9.91. The Labute approximate surface area is 405 Å². The maximum Gasteiger partial charge on any atom is 0.345 e. The smallest absolute Gasteiger partial charge is 0.345 e. The summed E-state index contributed by atoms with van der Waals surface area (Å²) in [7, 11) is -4.41. The number of para-hydroxylation sites is 2. The molecule has 4 aromatic carbocycles. The Kier molecular flexibility index (Phi) is 16.3. The normalized spacial score (nSPS) is 11.9. The van der Waals surface area contributed by atoms with Crippen LogP contribution in [-0.4, -0.2) is 107 Å². The number of pyridine rings is 1. The van der Waals surface area contributed by atoms with E-state index in [0.29, 0.717) is 72.5 Å². The molecule has 0 bridgehead atoms. The van der Waals surface area contributed by atoms with Gasteiger partial charge in [0, 0.05) is 60.0 Å².